The number of nitrogens with one attached hydrogen (secondary N) is 1. The highest BCUT2D eigenvalue weighted by atomic mass is 35.5. The van der Waals surface area contributed by atoms with Crippen LogP contribution in [0.3, 0.4) is 0 Å². The lowest BCUT2D eigenvalue weighted by Crippen LogP contribution is -2.36. The zero-order valence-corrected chi connectivity index (χ0v) is 20.7. The van der Waals surface area contributed by atoms with Gasteiger partial charge in [-0.05, 0) is 81.0 Å². The molecule has 10 heteroatoms. The average molecular weight is 532 g/mol. The quantitative estimate of drug-likeness (QED) is 0.189. The summed E-state index contributed by atoms with van der Waals surface area (Å²) in [6.07, 6.45) is -3.09. The van der Waals surface area contributed by atoms with Gasteiger partial charge < -0.3 is 10.1 Å². The van der Waals surface area contributed by atoms with Gasteiger partial charge in [-0.3, -0.25) is 4.79 Å². The predicted molar refractivity (Wildman–Crippen MR) is 126 cm³/mol. The molecule has 1 N–H and O–H groups in total. The largest absolute Gasteiger partial charge is 0.444 e. The fourth-order valence-corrected chi connectivity index (χ4v) is 4.31. The van der Waals surface area contributed by atoms with Crippen molar-refractivity contribution in [3.05, 3.63) is 74.5 Å². The topological polar surface area (TPSA) is 55.4 Å². The van der Waals surface area contributed by atoms with E-state index in [0.717, 1.165) is 23.3 Å². The van der Waals surface area contributed by atoms with Gasteiger partial charge in [0.25, 0.3) is 0 Å². The highest BCUT2D eigenvalue weighted by molar-refractivity contribution is 6.35. The van der Waals surface area contributed by atoms with E-state index in [4.69, 9.17) is 27.9 Å². The van der Waals surface area contributed by atoms with Crippen LogP contribution in [0.1, 0.15) is 66.7 Å². The minimum absolute atomic E-state index is 0.0442. The van der Waals surface area contributed by atoms with Crippen molar-refractivity contribution in [2.75, 3.05) is 0 Å². The first-order chi connectivity index (χ1) is 16.2. The number of alkyl halides is 3. The molecule has 0 heterocycles. The number of carbonyl (C=O) groups excluding carboxylic acids is 2. The highest BCUT2D eigenvalue weighted by Crippen LogP contribution is 2.38. The van der Waals surface area contributed by atoms with E-state index in [2.05, 4.69) is 5.32 Å². The van der Waals surface area contributed by atoms with Crippen molar-refractivity contribution in [3.63, 3.8) is 0 Å². The van der Waals surface area contributed by atoms with Crippen molar-refractivity contribution in [2.45, 2.75) is 57.9 Å². The zero-order chi connectivity index (χ0) is 26.1. The van der Waals surface area contributed by atoms with Gasteiger partial charge in [-0.1, -0.05) is 35.3 Å². The summed E-state index contributed by atoms with van der Waals surface area (Å²) in [6.45, 7) is 5.24. The van der Waals surface area contributed by atoms with Gasteiger partial charge in [-0.15, -0.1) is 0 Å². The molecule has 1 aliphatic carbocycles. The van der Waals surface area contributed by atoms with Crippen LogP contribution in [0.25, 0.3) is 5.57 Å². The third kappa shape index (κ3) is 6.76. The molecule has 3 rings (SSSR count). The minimum atomic E-state index is -4.92. The number of aryl methyl sites for hydroxylation is 1. The molecule has 1 amide bonds. The lowest BCUT2D eigenvalue weighted by Gasteiger charge is -2.28. The first kappa shape index (κ1) is 27.0. The van der Waals surface area contributed by atoms with Crippen LogP contribution in [0.2, 0.25) is 10.0 Å². The average Bonchev–Trinajstić information content (AvgIpc) is 2.73. The molecule has 0 aliphatic heterocycles. The third-order valence-electron chi connectivity index (χ3n) is 5.31. The number of fused-ring (bicyclic) bond motifs is 1. The van der Waals surface area contributed by atoms with E-state index in [1.165, 1.54) is 12.1 Å². The van der Waals surface area contributed by atoms with Crippen molar-refractivity contribution in [1.82, 2.24) is 5.32 Å². The summed E-state index contributed by atoms with van der Waals surface area (Å²) in [5.74, 6) is -1.94. The lowest BCUT2D eigenvalue weighted by molar-refractivity contribution is -0.0689. The monoisotopic (exact) mass is 531 g/mol. The number of hydrogen-bond donors (Lipinski definition) is 1. The van der Waals surface area contributed by atoms with Crippen LogP contribution in [-0.2, 0) is 11.2 Å². The Kier molecular flexibility index (Phi) is 7.86. The van der Waals surface area contributed by atoms with Gasteiger partial charge in [0.1, 0.15) is 5.60 Å². The molecule has 188 valence electrons. The molecule has 0 saturated carbocycles. The van der Waals surface area contributed by atoms with Gasteiger partial charge in [0.15, 0.2) is 11.6 Å². The molecule has 0 fully saturated rings. The van der Waals surface area contributed by atoms with Crippen LogP contribution < -0.4 is 5.32 Å². The van der Waals surface area contributed by atoms with Crippen LogP contribution in [0.4, 0.5) is 22.4 Å². The summed E-state index contributed by atoms with van der Waals surface area (Å²) < 4.78 is 60.3. The van der Waals surface area contributed by atoms with Crippen molar-refractivity contribution in [2.24, 2.45) is 0 Å². The van der Waals surface area contributed by atoms with Crippen molar-refractivity contribution in [3.8, 4) is 0 Å². The number of benzene rings is 2. The maximum absolute atomic E-state index is 13.8. The predicted octanol–water partition coefficient (Wildman–Crippen LogP) is 7.86. The fraction of sp³-hybridized carbons (Fsp3) is 0.360. The number of halogens is 6. The molecule has 1 atom stereocenters. The number of hydrogen-bond acceptors (Lipinski definition) is 3. The van der Waals surface area contributed by atoms with Gasteiger partial charge >= 0.3 is 12.3 Å². The summed E-state index contributed by atoms with van der Waals surface area (Å²) in [5, 5.41) is 1.63. The maximum atomic E-state index is 13.8. The molecule has 1 aliphatic rings. The number of amides is 1. The molecule has 0 spiro atoms. The number of alkyl carbamates (subject to hydrolysis) is 1. The highest BCUT2D eigenvalue weighted by Gasteiger charge is 2.36. The summed E-state index contributed by atoms with van der Waals surface area (Å²) in [6, 6.07) is 5.75. The summed E-state index contributed by atoms with van der Waals surface area (Å²) in [7, 11) is 0. The molecular formula is C25H23Cl2F4NO3. The molecule has 0 aromatic heterocycles. The Morgan fingerprint density at radius 1 is 1.06 bits per heavy atom. The Hall–Kier alpha value is -2.58. The van der Waals surface area contributed by atoms with Crippen LogP contribution in [-0.4, -0.2) is 23.7 Å². The third-order valence-corrected chi connectivity index (χ3v) is 5.86. The van der Waals surface area contributed by atoms with Crippen molar-refractivity contribution in [1.29, 1.82) is 0 Å². The van der Waals surface area contributed by atoms with Crippen molar-refractivity contribution >= 4 is 40.7 Å². The van der Waals surface area contributed by atoms with Crippen molar-refractivity contribution < 1.29 is 31.9 Å². The minimum Gasteiger partial charge on any atom is -0.444 e. The Labute approximate surface area is 210 Å². The first-order valence-corrected chi connectivity index (χ1v) is 11.5. The van der Waals surface area contributed by atoms with Crippen LogP contribution in [0, 0.1) is 5.82 Å². The number of rotatable bonds is 4. The van der Waals surface area contributed by atoms with Crippen LogP contribution in [0.15, 0.2) is 36.4 Å². The molecule has 0 saturated heterocycles. The van der Waals surface area contributed by atoms with Gasteiger partial charge in [0, 0.05) is 5.56 Å². The maximum Gasteiger partial charge on any atom is 0.417 e. The Balaban J connectivity index is 1.91. The lowest BCUT2D eigenvalue weighted by atomic mass is 9.86. The van der Waals surface area contributed by atoms with Gasteiger partial charge in [0.2, 0.25) is 0 Å². The normalized spacial score (nSPS) is 16.5. The SMILES string of the molecule is CC(C)(C)OC(=O)NC1CCCc2cc(C(=O)C=C(c3cc(Cl)c(F)c(Cl)c3)C(F)(F)F)ccc21. The molecule has 35 heavy (non-hydrogen) atoms. The smallest absolute Gasteiger partial charge is 0.417 e. The second-order valence-corrected chi connectivity index (χ2v) is 9.99. The van der Waals surface area contributed by atoms with E-state index in [-0.39, 0.29) is 11.6 Å². The second kappa shape index (κ2) is 10.2. The number of ketones is 1. The second-order valence-electron chi connectivity index (χ2n) is 9.18. The Bertz CT molecular complexity index is 1160. The van der Waals surface area contributed by atoms with Crippen LogP contribution in [0.5, 0.6) is 0 Å². The molecule has 4 nitrogen and oxygen atoms in total. The first-order valence-electron chi connectivity index (χ1n) is 10.8. The zero-order valence-electron chi connectivity index (χ0n) is 19.2. The van der Waals surface area contributed by atoms with E-state index >= 15 is 0 Å². The standard InChI is InChI=1S/C25H23Cl2F4NO3/c1-24(2,3)35-23(34)32-20-6-4-5-13-9-14(7-8-16(13)20)21(33)12-17(25(29,30)31)15-10-18(26)22(28)19(27)11-15/h7-12,20H,4-6H2,1-3H3,(H,32,34). The summed E-state index contributed by atoms with van der Waals surface area (Å²) in [5.41, 5.74) is -0.925. The summed E-state index contributed by atoms with van der Waals surface area (Å²) >= 11 is 11.3. The fourth-order valence-electron chi connectivity index (χ4n) is 3.82. The number of allylic oxidation sites excluding steroid dienone is 2. The van der Waals surface area contributed by atoms with Gasteiger partial charge in [-0.25, -0.2) is 9.18 Å². The van der Waals surface area contributed by atoms with Gasteiger partial charge in [-0.2, -0.15) is 13.2 Å². The Morgan fingerprint density at radius 2 is 1.69 bits per heavy atom. The summed E-state index contributed by atoms with van der Waals surface area (Å²) in [4.78, 5) is 25.0. The molecular weight excluding hydrogens is 509 g/mol. The van der Waals surface area contributed by atoms with E-state index in [0.29, 0.717) is 25.3 Å². The van der Waals surface area contributed by atoms with E-state index < -0.39 is 50.7 Å². The van der Waals surface area contributed by atoms with Gasteiger partial charge in [0.05, 0.1) is 21.7 Å². The number of ether oxygens (including phenoxy) is 1. The molecule has 1 unspecified atom stereocenters. The molecule has 0 bridgehead atoms. The van der Waals surface area contributed by atoms with E-state index in [1.54, 1.807) is 26.8 Å². The number of carbonyl (C=O) groups is 2. The van der Waals surface area contributed by atoms with Crippen LogP contribution >= 0.6 is 23.2 Å². The molecule has 2 aromatic carbocycles. The molecule has 2 aromatic rings. The van der Waals surface area contributed by atoms with E-state index in [9.17, 15) is 27.2 Å². The molecule has 0 radical (unpaired) electrons. The Morgan fingerprint density at radius 3 is 2.26 bits per heavy atom. The van der Waals surface area contributed by atoms with E-state index in [1.807, 2.05) is 0 Å².